The van der Waals surface area contributed by atoms with Gasteiger partial charge in [0.05, 0.1) is 12.6 Å². The molecule has 0 aromatic rings. The van der Waals surface area contributed by atoms with Crippen LogP contribution in [0.4, 0.5) is 0 Å². The molecule has 0 aromatic heterocycles. The van der Waals surface area contributed by atoms with Crippen LogP contribution in [0.5, 0.6) is 0 Å². The molecule has 114 valence electrons. The van der Waals surface area contributed by atoms with Crippen LogP contribution >= 0.6 is 0 Å². The Bertz CT molecular complexity index is 314. The van der Waals surface area contributed by atoms with Gasteiger partial charge in [-0.1, -0.05) is 39.5 Å². The molecule has 0 spiro atoms. The van der Waals surface area contributed by atoms with Crippen LogP contribution in [0.3, 0.4) is 0 Å². The van der Waals surface area contributed by atoms with Gasteiger partial charge in [-0.05, 0) is 18.8 Å². The lowest BCUT2D eigenvalue weighted by Gasteiger charge is -2.24. The minimum Gasteiger partial charge on any atom is -0.352 e. The van der Waals surface area contributed by atoms with Crippen molar-refractivity contribution in [1.29, 1.82) is 5.26 Å². The van der Waals surface area contributed by atoms with Crippen LogP contribution in [0.2, 0.25) is 0 Å². The third kappa shape index (κ3) is 7.49. The number of nitriles is 1. The molecule has 0 bridgehead atoms. The largest absolute Gasteiger partial charge is 0.352 e. The zero-order chi connectivity index (χ0) is 14.8. The highest BCUT2D eigenvalue weighted by Gasteiger charge is 2.17. The Kier molecular flexibility index (Phi) is 8.29. The molecule has 1 amide bonds. The van der Waals surface area contributed by atoms with Gasteiger partial charge in [0.25, 0.3) is 0 Å². The average Bonchev–Trinajstić information content (AvgIpc) is 2.63. The van der Waals surface area contributed by atoms with Gasteiger partial charge in [0.15, 0.2) is 0 Å². The van der Waals surface area contributed by atoms with E-state index >= 15 is 0 Å². The van der Waals surface area contributed by atoms with Crippen molar-refractivity contribution in [3.63, 3.8) is 0 Å². The third-order valence-electron chi connectivity index (χ3n) is 3.75. The Hall–Kier alpha value is -1.08. The molecule has 1 aliphatic rings. The highest BCUT2D eigenvalue weighted by Crippen LogP contribution is 2.17. The lowest BCUT2D eigenvalue weighted by Crippen LogP contribution is -2.43. The highest BCUT2D eigenvalue weighted by atomic mass is 16.2. The first-order valence-electron chi connectivity index (χ1n) is 8.00. The normalized spacial score (nSPS) is 16.9. The first-order chi connectivity index (χ1) is 9.61. The van der Waals surface area contributed by atoms with E-state index in [9.17, 15) is 4.79 Å². The molecule has 1 rings (SSSR count). The standard InChI is InChI=1S/C16H29N3O/c1-14(2)12-19(11-7-10-17)13-16(20)18-15-8-5-3-4-6-9-15/h14-15H,3-9,11-13H2,1-2H3,(H,18,20). The van der Waals surface area contributed by atoms with Gasteiger partial charge in [-0.3, -0.25) is 9.69 Å². The minimum absolute atomic E-state index is 0.121. The van der Waals surface area contributed by atoms with E-state index < -0.39 is 0 Å². The van der Waals surface area contributed by atoms with E-state index in [0.717, 1.165) is 19.4 Å². The molecule has 20 heavy (non-hydrogen) atoms. The lowest BCUT2D eigenvalue weighted by molar-refractivity contribution is -0.123. The topological polar surface area (TPSA) is 56.1 Å². The first kappa shape index (κ1) is 17.0. The second kappa shape index (κ2) is 9.77. The first-order valence-corrected chi connectivity index (χ1v) is 8.00. The number of rotatable bonds is 7. The molecule has 1 N–H and O–H groups in total. The van der Waals surface area contributed by atoms with Crippen molar-refractivity contribution in [2.45, 2.75) is 64.8 Å². The third-order valence-corrected chi connectivity index (χ3v) is 3.75. The van der Waals surface area contributed by atoms with Crippen LogP contribution < -0.4 is 5.32 Å². The molecule has 0 saturated heterocycles. The molecule has 0 aromatic carbocycles. The predicted molar refractivity (Wildman–Crippen MR) is 81.1 cm³/mol. The number of carbonyl (C=O) groups is 1. The second-order valence-corrected chi connectivity index (χ2v) is 6.29. The maximum Gasteiger partial charge on any atom is 0.234 e. The molecular weight excluding hydrogens is 250 g/mol. The Labute approximate surface area is 123 Å². The number of nitrogens with one attached hydrogen (secondary N) is 1. The summed E-state index contributed by atoms with van der Waals surface area (Å²) in [5.41, 5.74) is 0. The van der Waals surface area contributed by atoms with E-state index in [1.807, 2.05) is 0 Å². The van der Waals surface area contributed by atoms with E-state index in [1.165, 1.54) is 25.7 Å². The number of amides is 1. The summed E-state index contributed by atoms with van der Waals surface area (Å²) in [6.45, 7) is 6.27. The average molecular weight is 279 g/mol. The summed E-state index contributed by atoms with van der Waals surface area (Å²) in [6.07, 6.45) is 7.79. The van der Waals surface area contributed by atoms with Crippen LogP contribution in [0.1, 0.15) is 58.8 Å². The van der Waals surface area contributed by atoms with Gasteiger partial charge in [-0.2, -0.15) is 5.26 Å². The Morgan fingerprint density at radius 3 is 2.50 bits per heavy atom. The fourth-order valence-electron chi connectivity index (χ4n) is 2.86. The van der Waals surface area contributed by atoms with Crippen LogP contribution in [-0.2, 0) is 4.79 Å². The molecule has 0 unspecified atom stereocenters. The molecule has 0 heterocycles. The van der Waals surface area contributed by atoms with Crippen LogP contribution in [0.15, 0.2) is 0 Å². The molecule has 1 saturated carbocycles. The van der Waals surface area contributed by atoms with Gasteiger partial charge in [0.1, 0.15) is 0 Å². The zero-order valence-corrected chi connectivity index (χ0v) is 13.0. The van der Waals surface area contributed by atoms with E-state index in [2.05, 4.69) is 30.1 Å². The lowest BCUT2D eigenvalue weighted by atomic mass is 10.1. The van der Waals surface area contributed by atoms with Crippen molar-refractivity contribution >= 4 is 5.91 Å². The van der Waals surface area contributed by atoms with Crippen LogP contribution in [0.25, 0.3) is 0 Å². The highest BCUT2D eigenvalue weighted by molar-refractivity contribution is 5.78. The summed E-state index contributed by atoms with van der Waals surface area (Å²) < 4.78 is 0. The fraction of sp³-hybridized carbons (Fsp3) is 0.875. The van der Waals surface area contributed by atoms with Gasteiger partial charge in [0.2, 0.25) is 5.91 Å². The minimum atomic E-state index is 0.121. The molecule has 0 atom stereocenters. The van der Waals surface area contributed by atoms with Gasteiger partial charge in [-0.15, -0.1) is 0 Å². The maximum atomic E-state index is 12.1. The van der Waals surface area contributed by atoms with E-state index in [4.69, 9.17) is 5.26 Å². The summed E-state index contributed by atoms with van der Waals surface area (Å²) >= 11 is 0. The quantitative estimate of drug-likeness (QED) is 0.729. The van der Waals surface area contributed by atoms with Crippen molar-refractivity contribution in [1.82, 2.24) is 10.2 Å². The number of hydrogen-bond acceptors (Lipinski definition) is 3. The number of hydrogen-bond donors (Lipinski definition) is 1. The zero-order valence-electron chi connectivity index (χ0n) is 13.0. The molecular formula is C16H29N3O. The molecule has 0 aliphatic heterocycles. The maximum absolute atomic E-state index is 12.1. The second-order valence-electron chi connectivity index (χ2n) is 6.29. The van der Waals surface area contributed by atoms with Crippen molar-refractivity contribution < 1.29 is 4.79 Å². The molecule has 1 aliphatic carbocycles. The summed E-state index contributed by atoms with van der Waals surface area (Å²) in [6, 6.07) is 2.52. The summed E-state index contributed by atoms with van der Waals surface area (Å²) in [7, 11) is 0. The van der Waals surface area contributed by atoms with Crippen LogP contribution in [-0.4, -0.2) is 36.5 Å². The molecule has 1 fully saturated rings. The van der Waals surface area contributed by atoms with E-state index in [0.29, 0.717) is 31.5 Å². The molecule has 4 heteroatoms. The molecule has 0 radical (unpaired) electrons. The van der Waals surface area contributed by atoms with E-state index in [1.54, 1.807) is 0 Å². The van der Waals surface area contributed by atoms with E-state index in [-0.39, 0.29) is 5.91 Å². The van der Waals surface area contributed by atoms with Crippen molar-refractivity contribution in [3.8, 4) is 6.07 Å². The van der Waals surface area contributed by atoms with Crippen molar-refractivity contribution in [2.75, 3.05) is 19.6 Å². The van der Waals surface area contributed by atoms with Gasteiger partial charge in [-0.25, -0.2) is 0 Å². The van der Waals surface area contributed by atoms with Gasteiger partial charge in [0, 0.05) is 25.6 Å². The van der Waals surface area contributed by atoms with Gasteiger partial charge < -0.3 is 5.32 Å². The Balaban J connectivity index is 2.37. The summed E-state index contributed by atoms with van der Waals surface area (Å²) in [4.78, 5) is 14.2. The number of nitrogens with zero attached hydrogens (tertiary/aromatic N) is 2. The van der Waals surface area contributed by atoms with Gasteiger partial charge >= 0.3 is 0 Å². The number of carbonyl (C=O) groups excluding carboxylic acids is 1. The van der Waals surface area contributed by atoms with Crippen molar-refractivity contribution in [3.05, 3.63) is 0 Å². The predicted octanol–water partition coefficient (Wildman–Crippen LogP) is 2.70. The van der Waals surface area contributed by atoms with Crippen LogP contribution in [0, 0.1) is 17.2 Å². The van der Waals surface area contributed by atoms with Crippen molar-refractivity contribution in [2.24, 2.45) is 5.92 Å². The Morgan fingerprint density at radius 2 is 1.95 bits per heavy atom. The smallest absolute Gasteiger partial charge is 0.234 e. The Morgan fingerprint density at radius 1 is 1.30 bits per heavy atom. The monoisotopic (exact) mass is 279 g/mol. The summed E-state index contributed by atoms with van der Waals surface area (Å²) in [5.74, 6) is 0.634. The SMILES string of the molecule is CC(C)CN(CCC#N)CC(=O)NC1CCCCCC1. The summed E-state index contributed by atoms with van der Waals surface area (Å²) in [5, 5.41) is 11.9. The molecule has 4 nitrogen and oxygen atoms in total. The fourth-order valence-corrected chi connectivity index (χ4v) is 2.86.